The number of nitrogens with one attached hydrogen (secondary N) is 1. The Balaban J connectivity index is 2.03. The number of aromatic nitrogens is 1. The minimum Gasteiger partial charge on any atom is -0.481 e. The van der Waals surface area contributed by atoms with Crippen molar-refractivity contribution in [3.63, 3.8) is 0 Å². The molecule has 5 nitrogen and oxygen atoms in total. The van der Waals surface area contributed by atoms with Crippen molar-refractivity contribution in [3.05, 3.63) is 30.5 Å². The van der Waals surface area contributed by atoms with E-state index in [1.54, 1.807) is 4.90 Å². The van der Waals surface area contributed by atoms with Crippen molar-refractivity contribution in [2.75, 3.05) is 11.4 Å². The molecule has 0 bridgehead atoms. The summed E-state index contributed by atoms with van der Waals surface area (Å²) in [5.41, 5.74) is 1.72. The summed E-state index contributed by atoms with van der Waals surface area (Å²) in [5, 5.41) is 9.93. The number of aromatic amines is 1. The average molecular weight is 244 g/mol. The number of anilines is 1. The van der Waals surface area contributed by atoms with Crippen LogP contribution in [0.2, 0.25) is 0 Å². The van der Waals surface area contributed by atoms with Crippen molar-refractivity contribution in [1.82, 2.24) is 4.98 Å². The Labute approximate surface area is 103 Å². The monoisotopic (exact) mass is 244 g/mol. The molecule has 3 rings (SSSR count). The van der Waals surface area contributed by atoms with Gasteiger partial charge in [-0.1, -0.05) is 6.07 Å². The highest BCUT2D eigenvalue weighted by molar-refractivity contribution is 6.05. The van der Waals surface area contributed by atoms with E-state index in [9.17, 15) is 9.59 Å². The van der Waals surface area contributed by atoms with Crippen LogP contribution in [0.3, 0.4) is 0 Å². The summed E-state index contributed by atoms with van der Waals surface area (Å²) in [6.07, 6.45) is 1.89. The minimum absolute atomic E-state index is 0.0795. The molecule has 1 fully saturated rings. The van der Waals surface area contributed by atoms with Crippen LogP contribution in [0.15, 0.2) is 30.5 Å². The van der Waals surface area contributed by atoms with Crippen molar-refractivity contribution >= 4 is 28.5 Å². The molecular weight excluding hydrogens is 232 g/mol. The van der Waals surface area contributed by atoms with Gasteiger partial charge < -0.3 is 15.0 Å². The zero-order valence-corrected chi connectivity index (χ0v) is 9.59. The SMILES string of the molecule is O=C(O)C1CC(=O)N(c2cccc3[nH]ccc23)C1. The predicted octanol–water partition coefficient (Wildman–Crippen LogP) is 1.61. The molecule has 1 amide bonds. The van der Waals surface area contributed by atoms with Crippen LogP contribution in [0.5, 0.6) is 0 Å². The van der Waals surface area contributed by atoms with E-state index in [-0.39, 0.29) is 18.9 Å². The van der Waals surface area contributed by atoms with E-state index in [1.165, 1.54) is 0 Å². The summed E-state index contributed by atoms with van der Waals surface area (Å²) in [6.45, 7) is 0.248. The first kappa shape index (κ1) is 10.8. The molecule has 2 heterocycles. The molecule has 0 spiro atoms. The second-order valence-corrected chi connectivity index (χ2v) is 4.46. The van der Waals surface area contributed by atoms with E-state index in [2.05, 4.69) is 4.98 Å². The molecular formula is C13H12N2O3. The van der Waals surface area contributed by atoms with Crippen molar-refractivity contribution in [3.8, 4) is 0 Å². The van der Waals surface area contributed by atoms with Gasteiger partial charge in [-0.2, -0.15) is 0 Å². The Bertz CT molecular complexity index is 632. The number of carbonyl (C=O) groups excluding carboxylic acids is 1. The smallest absolute Gasteiger partial charge is 0.308 e. The fourth-order valence-corrected chi connectivity index (χ4v) is 2.41. The molecule has 1 atom stereocenters. The molecule has 1 aromatic carbocycles. The van der Waals surface area contributed by atoms with Crippen LogP contribution in [-0.2, 0) is 9.59 Å². The van der Waals surface area contributed by atoms with Crippen molar-refractivity contribution in [2.24, 2.45) is 5.92 Å². The van der Waals surface area contributed by atoms with Crippen LogP contribution < -0.4 is 4.90 Å². The molecule has 5 heteroatoms. The van der Waals surface area contributed by atoms with Crippen LogP contribution in [0.4, 0.5) is 5.69 Å². The van der Waals surface area contributed by atoms with Gasteiger partial charge in [-0.05, 0) is 18.2 Å². The van der Waals surface area contributed by atoms with Gasteiger partial charge in [0.15, 0.2) is 0 Å². The van der Waals surface area contributed by atoms with Gasteiger partial charge in [0, 0.05) is 30.1 Å². The van der Waals surface area contributed by atoms with E-state index in [0.717, 1.165) is 16.6 Å². The normalized spacial score (nSPS) is 19.7. The molecule has 1 aromatic heterocycles. The van der Waals surface area contributed by atoms with Crippen LogP contribution in [0, 0.1) is 5.92 Å². The maximum absolute atomic E-state index is 11.9. The van der Waals surface area contributed by atoms with Gasteiger partial charge in [0.2, 0.25) is 5.91 Å². The second-order valence-electron chi connectivity index (χ2n) is 4.46. The van der Waals surface area contributed by atoms with Crippen LogP contribution in [0.25, 0.3) is 10.9 Å². The standard InChI is InChI=1S/C13H12N2O3/c16-12-6-8(13(17)18)7-15(12)11-3-1-2-10-9(11)4-5-14-10/h1-5,8,14H,6-7H2,(H,17,18). The van der Waals surface area contributed by atoms with Gasteiger partial charge in [-0.15, -0.1) is 0 Å². The number of fused-ring (bicyclic) bond motifs is 1. The van der Waals surface area contributed by atoms with Gasteiger partial charge in [0.25, 0.3) is 0 Å². The van der Waals surface area contributed by atoms with Gasteiger partial charge in [0.05, 0.1) is 11.6 Å². The number of rotatable bonds is 2. The summed E-state index contributed by atoms with van der Waals surface area (Å²) < 4.78 is 0. The minimum atomic E-state index is -0.910. The Morgan fingerprint density at radius 3 is 2.94 bits per heavy atom. The number of amides is 1. The number of aliphatic carboxylic acids is 1. The molecule has 1 saturated heterocycles. The lowest BCUT2D eigenvalue weighted by Crippen LogP contribution is -2.25. The third kappa shape index (κ3) is 1.55. The topological polar surface area (TPSA) is 73.4 Å². The Morgan fingerprint density at radius 1 is 1.39 bits per heavy atom. The lowest BCUT2D eigenvalue weighted by molar-refractivity contribution is -0.141. The highest BCUT2D eigenvalue weighted by atomic mass is 16.4. The molecule has 1 aliphatic heterocycles. The van der Waals surface area contributed by atoms with Crippen LogP contribution in [-0.4, -0.2) is 28.5 Å². The summed E-state index contributed by atoms with van der Waals surface area (Å²) in [5.74, 6) is -1.64. The highest BCUT2D eigenvalue weighted by Gasteiger charge is 2.35. The van der Waals surface area contributed by atoms with Crippen LogP contribution >= 0.6 is 0 Å². The Kier molecular flexibility index (Phi) is 2.33. The van der Waals surface area contributed by atoms with Gasteiger partial charge in [-0.25, -0.2) is 0 Å². The number of hydrogen-bond acceptors (Lipinski definition) is 2. The first-order valence-corrected chi connectivity index (χ1v) is 5.76. The van der Waals surface area contributed by atoms with Gasteiger partial charge in [-0.3, -0.25) is 9.59 Å². The zero-order valence-electron chi connectivity index (χ0n) is 9.59. The average Bonchev–Trinajstić information content (AvgIpc) is 2.94. The molecule has 92 valence electrons. The maximum Gasteiger partial charge on any atom is 0.308 e. The van der Waals surface area contributed by atoms with E-state index >= 15 is 0 Å². The van der Waals surface area contributed by atoms with E-state index < -0.39 is 11.9 Å². The molecule has 2 aromatic rings. The lowest BCUT2D eigenvalue weighted by Gasteiger charge is -2.17. The third-order valence-corrected chi connectivity index (χ3v) is 3.34. The first-order chi connectivity index (χ1) is 8.66. The number of carbonyl (C=O) groups is 2. The predicted molar refractivity (Wildman–Crippen MR) is 66.4 cm³/mol. The van der Waals surface area contributed by atoms with E-state index in [4.69, 9.17) is 5.11 Å². The number of carboxylic acids is 1. The summed E-state index contributed by atoms with van der Waals surface area (Å²) in [4.78, 5) is 27.5. The maximum atomic E-state index is 11.9. The van der Waals surface area contributed by atoms with Gasteiger partial charge >= 0.3 is 5.97 Å². The molecule has 0 radical (unpaired) electrons. The third-order valence-electron chi connectivity index (χ3n) is 3.34. The number of hydrogen-bond donors (Lipinski definition) is 2. The highest BCUT2D eigenvalue weighted by Crippen LogP contribution is 2.31. The fraction of sp³-hybridized carbons (Fsp3) is 0.231. The number of carboxylic acid groups (broad SMARTS) is 1. The second kappa shape index (κ2) is 3.87. The number of H-pyrrole nitrogens is 1. The molecule has 0 saturated carbocycles. The van der Waals surface area contributed by atoms with Crippen molar-refractivity contribution in [1.29, 1.82) is 0 Å². The van der Waals surface area contributed by atoms with Crippen molar-refractivity contribution in [2.45, 2.75) is 6.42 Å². The molecule has 1 aliphatic rings. The van der Waals surface area contributed by atoms with Crippen molar-refractivity contribution < 1.29 is 14.7 Å². The first-order valence-electron chi connectivity index (χ1n) is 5.76. The summed E-state index contributed by atoms with van der Waals surface area (Å²) in [7, 11) is 0. The summed E-state index contributed by atoms with van der Waals surface area (Å²) in [6, 6.07) is 7.52. The lowest BCUT2D eigenvalue weighted by atomic mass is 10.1. The quantitative estimate of drug-likeness (QED) is 0.842. The number of nitrogens with zero attached hydrogens (tertiary/aromatic N) is 1. The van der Waals surface area contributed by atoms with E-state index in [1.807, 2.05) is 30.5 Å². The largest absolute Gasteiger partial charge is 0.481 e. The molecule has 0 aliphatic carbocycles. The molecule has 18 heavy (non-hydrogen) atoms. The van der Waals surface area contributed by atoms with Gasteiger partial charge in [0.1, 0.15) is 0 Å². The Morgan fingerprint density at radius 2 is 2.22 bits per heavy atom. The zero-order chi connectivity index (χ0) is 12.7. The van der Waals surface area contributed by atoms with Crippen LogP contribution in [0.1, 0.15) is 6.42 Å². The fourth-order valence-electron chi connectivity index (χ4n) is 2.41. The molecule has 2 N–H and O–H groups in total. The summed E-state index contributed by atoms with van der Waals surface area (Å²) >= 11 is 0. The Hall–Kier alpha value is -2.30. The van der Waals surface area contributed by atoms with E-state index in [0.29, 0.717) is 0 Å². The number of benzene rings is 1. The molecule has 1 unspecified atom stereocenters.